The van der Waals surface area contributed by atoms with E-state index < -0.39 is 0 Å². The second-order valence-electron chi connectivity index (χ2n) is 3.87. The Morgan fingerprint density at radius 1 is 1.67 bits per heavy atom. The molecule has 0 aromatic carbocycles. The third-order valence-corrected chi connectivity index (χ3v) is 2.33. The fourth-order valence-corrected chi connectivity index (χ4v) is 1.28. The van der Waals surface area contributed by atoms with E-state index in [0.29, 0.717) is 13.0 Å². The summed E-state index contributed by atoms with van der Waals surface area (Å²) in [6.07, 6.45) is 3.95. The van der Waals surface area contributed by atoms with Crippen molar-refractivity contribution in [3.63, 3.8) is 0 Å². The predicted octanol–water partition coefficient (Wildman–Crippen LogP) is 0.572. The number of nitrogens with one attached hydrogen (secondary N) is 2. The highest BCUT2D eigenvalue weighted by atomic mass is 16.1. The predicted molar refractivity (Wildman–Crippen MR) is 58.0 cm³/mol. The summed E-state index contributed by atoms with van der Waals surface area (Å²) in [5, 5.41) is 9.44. The maximum Gasteiger partial charge on any atom is 0.220 e. The molecule has 1 amide bonds. The van der Waals surface area contributed by atoms with Crippen molar-refractivity contribution in [3.8, 4) is 0 Å². The molecule has 0 aliphatic carbocycles. The van der Waals surface area contributed by atoms with E-state index in [4.69, 9.17) is 5.73 Å². The molecule has 0 saturated carbocycles. The van der Waals surface area contributed by atoms with Crippen molar-refractivity contribution in [1.82, 2.24) is 15.5 Å². The number of aromatic nitrogens is 2. The number of aromatic amines is 1. The van der Waals surface area contributed by atoms with Gasteiger partial charge in [-0.15, -0.1) is 0 Å². The van der Waals surface area contributed by atoms with Crippen molar-refractivity contribution in [3.05, 3.63) is 18.0 Å². The van der Waals surface area contributed by atoms with Crippen LogP contribution < -0.4 is 11.1 Å². The fraction of sp³-hybridized carbons (Fsp3) is 0.600. The Kier molecular flexibility index (Phi) is 4.30. The molecular weight excluding hydrogens is 192 g/mol. The van der Waals surface area contributed by atoms with Crippen LogP contribution in [-0.2, 0) is 4.79 Å². The molecule has 2 atom stereocenters. The molecule has 0 aliphatic rings. The van der Waals surface area contributed by atoms with Crippen LogP contribution in [0.25, 0.3) is 0 Å². The summed E-state index contributed by atoms with van der Waals surface area (Å²) in [5.74, 6) is 0.253. The number of rotatable bonds is 5. The summed E-state index contributed by atoms with van der Waals surface area (Å²) in [4.78, 5) is 11.5. The molecule has 0 bridgehead atoms. The highest BCUT2D eigenvalue weighted by Crippen LogP contribution is 2.10. The quantitative estimate of drug-likeness (QED) is 0.664. The minimum atomic E-state index is -0.0128. The van der Waals surface area contributed by atoms with Gasteiger partial charge in [-0.1, -0.05) is 6.92 Å². The topological polar surface area (TPSA) is 83.8 Å². The Labute approximate surface area is 89.4 Å². The molecule has 84 valence electrons. The molecule has 4 N–H and O–H groups in total. The van der Waals surface area contributed by atoms with Crippen LogP contribution in [0, 0.1) is 5.92 Å². The van der Waals surface area contributed by atoms with E-state index in [-0.39, 0.29) is 17.9 Å². The van der Waals surface area contributed by atoms with Gasteiger partial charge in [0.2, 0.25) is 5.91 Å². The second kappa shape index (κ2) is 5.50. The lowest BCUT2D eigenvalue weighted by atomic mass is 10.1. The Morgan fingerprint density at radius 2 is 2.40 bits per heavy atom. The van der Waals surface area contributed by atoms with Gasteiger partial charge in [-0.05, 0) is 19.4 Å². The molecule has 1 heterocycles. The number of nitrogens with zero attached hydrogens (tertiary/aromatic N) is 1. The summed E-state index contributed by atoms with van der Waals surface area (Å²) >= 11 is 0. The molecule has 5 nitrogen and oxygen atoms in total. The number of H-pyrrole nitrogens is 1. The Hall–Kier alpha value is -1.36. The molecule has 0 saturated heterocycles. The monoisotopic (exact) mass is 210 g/mol. The molecule has 0 fully saturated rings. The number of hydrogen-bond donors (Lipinski definition) is 3. The Morgan fingerprint density at radius 3 is 2.93 bits per heavy atom. The molecule has 2 unspecified atom stereocenters. The molecule has 5 heteroatoms. The third kappa shape index (κ3) is 3.71. The van der Waals surface area contributed by atoms with E-state index >= 15 is 0 Å². The van der Waals surface area contributed by atoms with Gasteiger partial charge in [0, 0.05) is 18.2 Å². The van der Waals surface area contributed by atoms with Crippen molar-refractivity contribution in [2.45, 2.75) is 26.3 Å². The van der Waals surface area contributed by atoms with Crippen LogP contribution in [-0.4, -0.2) is 22.6 Å². The number of carbonyl (C=O) groups excluding carboxylic acids is 1. The molecule has 0 spiro atoms. The first-order valence-corrected chi connectivity index (χ1v) is 5.11. The van der Waals surface area contributed by atoms with Gasteiger partial charge in [0.1, 0.15) is 0 Å². The highest BCUT2D eigenvalue weighted by molar-refractivity contribution is 5.76. The normalized spacial score (nSPS) is 14.6. The van der Waals surface area contributed by atoms with Gasteiger partial charge in [-0.2, -0.15) is 5.10 Å². The number of hydrogen-bond acceptors (Lipinski definition) is 3. The van der Waals surface area contributed by atoms with Crippen molar-refractivity contribution in [2.75, 3.05) is 6.54 Å². The third-order valence-electron chi connectivity index (χ3n) is 2.33. The lowest BCUT2D eigenvalue weighted by Gasteiger charge is -2.14. The van der Waals surface area contributed by atoms with Gasteiger partial charge in [0.15, 0.2) is 0 Å². The van der Waals surface area contributed by atoms with E-state index in [1.807, 2.05) is 13.8 Å². The lowest BCUT2D eigenvalue weighted by molar-refractivity contribution is -0.122. The second-order valence-corrected chi connectivity index (χ2v) is 3.87. The smallest absolute Gasteiger partial charge is 0.220 e. The molecule has 1 aromatic rings. The maximum absolute atomic E-state index is 11.5. The van der Waals surface area contributed by atoms with Gasteiger partial charge in [0.25, 0.3) is 0 Å². The van der Waals surface area contributed by atoms with E-state index in [2.05, 4.69) is 15.5 Å². The van der Waals surface area contributed by atoms with Crippen molar-refractivity contribution in [2.24, 2.45) is 11.7 Å². The van der Waals surface area contributed by atoms with E-state index in [1.165, 1.54) is 0 Å². The molecule has 0 aliphatic heterocycles. The van der Waals surface area contributed by atoms with Crippen LogP contribution in [0.2, 0.25) is 0 Å². The zero-order chi connectivity index (χ0) is 11.3. The zero-order valence-electron chi connectivity index (χ0n) is 9.16. The van der Waals surface area contributed by atoms with Gasteiger partial charge < -0.3 is 11.1 Å². The minimum absolute atomic E-state index is 0.0128. The summed E-state index contributed by atoms with van der Waals surface area (Å²) in [7, 11) is 0. The number of carbonyl (C=O) groups is 1. The SMILES string of the molecule is CC(CN)CC(=O)NC(C)c1cn[nH]c1. The minimum Gasteiger partial charge on any atom is -0.349 e. The highest BCUT2D eigenvalue weighted by Gasteiger charge is 2.12. The average Bonchev–Trinajstić information content (AvgIpc) is 2.70. The summed E-state index contributed by atoms with van der Waals surface area (Å²) in [5.41, 5.74) is 6.43. The summed E-state index contributed by atoms with van der Waals surface area (Å²) < 4.78 is 0. The first-order valence-electron chi connectivity index (χ1n) is 5.11. The van der Waals surface area contributed by atoms with Crippen LogP contribution >= 0.6 is 0 Å². The lowest BCUT2D eigenvalue weighted by Crippen LogP contribution is -2.29. The van der Waals surface area contributed by atoms with Crippen molar-refractivity contribution in [1.29, 1.82) is 0 Å². The van der Waals surface area contributed by atoms with Gasteiger partial charge in [-0.25, -0.2) is 0 Å². The van der Waals surface area contributed by atoms with Crippen LogP contribution in [0.3, 0.4) is 0 Å². The molecule has 1 rings (SSSR count). The number of nitrogens with two attached hydrogens (primary N) is 1. The number of amides is 1. The Balaban J connectivity index is 2.38. The van der Waals surface area contributed by atoms with Crippen molar-refractivity contribution < 1.29 is 4.79 Å². The van der Waals surface area contributed by atoms with Gasteiger partial charge in [-0.3, -0.25) is 9.89 Å². The van der Waals surface area contributed by atoms with E-state index in [0.717, 1.165) is 5.56 Å². The fourth-order valence-electron chi connectivity index (χ4n) is 1.28. The summed E-state index contributed by atoms with van der Waals surface area (Å²) in [6, 6.07) is -0.0128. The summed E-state index contributed by atoms with van der Waals surface area (Å²) in [6.45, 7) is 4.42. The first-order chi connectivity index (χ1) is 7.13. The van der Waals surface area contributed by atoms with Crippen LogP contribution in [0.5, 0.6) is 0 Å². The van der Waals surface area contributed by atoms with Crippen LogP contribution in [0.15, 0.2) is 12.4 Å². The van der Waals surface area contributed by atoms with Gasteiger partial charge in [0.05, 0.1) is 12.2 Å². The average molecular weight is 210 g/mol. The van der Waals surface area contributed by atoms with E-state index in [1.54, 1.807) is 12.4 Å². The molecular formula is C10H18N4O. The molecule has 1 aromatic heterocycles. The molecule has 0 radical (unpaired) electrons. The Bertz CT molecular complexity index is 296. The largest absolute Gasteiger partial charge is 0.349 e. The molecule has 15 heavy (non-hydrogen) atoms. The van der Waals surface area contributed by atoms with Crippen LogP contribution in [0.1, 0.15) is 31.9 Å². The standard InChI is InChI=1S/C10H18N4O/c1-7(4-11)3-10(15)14-8(2)9-5-12-13-6-9/h5-8H,3-4,11H2,1-2H3,(H,12,13)(H,14,15). The van der Waals surface area contributed by atoms with Crippen molar-refractivity contribution >= 4 is 5.91 Å². The van der Waals surface area contributed by atoms with Crippen LogP contribution in [0.4, 0.5) is 0 Å². The van der Waals surface area contributed by atoms with Gasteiger partial charge >= 0.3 is 0 Å². The van der Waals surface area contributed by atoms with E-state index in [9.17, 15) is 4.79 Å². The maximum atomic E-state index is 11.5. The zero-order valence-corrected chi connectivity index (χ0v) is 9.16. The first kappa shape index (κ1) is 11.7.